The van der Waals surface area contributed by atoms with Crippen molar-refractivity contribution in [1.29, 1.82) is 0 Å². The van der Waals surface area contributed by atoms with E-state index >= 15 is 0 Å². The number of rotatable bonds is 1. The molecule has 2 aliphatic rings. The zero-order valence-corrected chi connectivity index (χ0v) is 10.4. The minimum Gasteiger partial charge on any atom is -0.310 e. The summed E-state index contributed by atoms with van der Waals surface area (Å²) in [6.45, 7) is 3.22. The van der Waals surface area contributed by atoms with E-state index in [1.165, 1.54) is 43.4 Å². The summed E-state index contributed by atoms with van der Waals surface area (Å²) in [6, 6.07) is 4.92. The zero-order chi connectivity index (χ0) is 11.7. The average Bonchev–Trinajstić information content (AvgIpc) is 2.39. The Morgan fingerprint density at radius 1 is 1.29 bits per heavy atom. The van der Waals surface area contributed by atoms with Crippen molar-refractivity contribution >= 4 is 5.57 Å². The Morgan fingerprint density at radius 2 is 2.24 bits per heavy atom. The largest absolute Gasteiger partial charge is 0.310 e. The molecule has 1 aromatic rings. The first-order valence-electron chi connectivity index (χ1n) is 6.70. The molecule has 1 fully saturated rings. The third-order valence-corrected chi connectivity index (χ3v) is 4.09. The van der Waals surface area contributed by atoms with Crippen LogP contribution in [-0.2, 0) is 0 Å². The number of allylic oxidation sites excluding steroid dienone is 1. The molecule has 1 saturated heterocycles. The van der Waals surface area contributed by atoms with Gasteiger partial charge in [-0.05, 0) is 62.3 Å². The van der Waals surface area contributed by atoms with E-state index in [2.05, 4.69) is 28.5 Å². The maximum Gasteiger partial charge on any atom is 0.0373 e. The molecule has 3 rings (SSSR count). The van der Waals surface area contributed by atoms with Crippen molar-refractivity contribution < 1.29 is 0 Å². The maximum atomic E-state index is 4.40. The third kappa shape index (κ3) is 2.27. The predicted molar refractivity (Wildman–Crippen MR) is 70.7 cm³/mol. The standard InChI is InChI=1S/C15H20N2/c1-11-4-5-14(10-17-11)13-7-6-12-3-2-8-16-15(12)9-13/h4-5,9-10,12,15-16H,2-3,6-8H2,1H3/t12-,15+/m0/s1. The van der Waals surface area contributed by atoms with Gasteiger partial charge < -0.3 is 5.32 Å². The molecule has 2 atom stereocenters. The van der Waals surface area contributed by atoms with Gasteiger partial charge >= 0.3 is 0 Å². The Kier molecular flexibility index (Phi) is 2.98. The molecule has 0 unspecified atom stereocenters. The van der Waals surface area contributed by atoms with E-state index < -0.39 is 0 Å². The van der Waals surface area contributed by atoms with E-state index in [1.54, 1.807) is 0 Å². The van der Waals surface area contributed by atoms with Crippen LogP contribution in [0, 0.1) is 12.8 Å². The van der Waals surface area contributed by atoms with Crippen LogP contribution in [0.5, 0.6) is 0 Å². The van der Waals surface area contributed by atoms with Crippen molar-refractivity contribution in [1.82, 2.24) is 10.3 Å². The van der Waals surface area contributed by atoms with Gasteiger partial charge in [-0.1, -0.05) is 12.1 Å². The third-order valence-electron chi connectivity index (χ3n) is 4.09. The van der Waals surface area contributed by atoms with Crippen LogP contribution in [0.2, 0.25) is 0 Å². The van der Waals surface area contributed by atoms with Crippen molar-refractivity contribution in [2.24, 2.45) is 5.92 Å². The zero-order valence-electron chi connectivity index (χ0n) is 10.4. The first-order chi connectivity index (χ1) is 8.33. The molecule has 2 nitrogen and oxygen atoms in total. The minimum absolute atomic E-state index is 0.605. The summed E-state index contributed by atoms with van der Waals surface area (Å²) >= 11 is 0. The highest BCUT2D eigenvalue weighted by Crippen LogP contribution is 2.33. The van der Waals surface area contributed by atoms with Crippen LogP contribution in [0.1, 0.15) is 36.9 Å². The van der Waals surface area contributed by atoms with Gasteiger partial charge in [-0.2, -0.15) is 0 Å². The molecule has 0 saturated carbocycles. The van der Waals surface area contributed by atoms with Gasteiger partial charge in [0, 0.05) is 17.9 Å². The summed E-state index contributed by atoms with van der Waals surface area (Å²) in [7, 11) is 0. The summed E-state index contributed by atoms with van der Waals surface area (Å²) in [5, 5.41) is 3.64. The molecular weight excluding hydrogens is 208 g/mol. The van der Waals surface area contributed by atoms with E-state index in [0.29, 0.717) is 6.04 Å². The molecule has 90 valence electrons. The van der Waals surface area contributed by atoms with Gasteiger partial charge in [0.1, 0.15) is 0 Å². The molecule has 2 heterocycles. The average molecular weight is 228 g/mol. The molecule has 0 amide bonds. The fourth-order valence-corrected chi connectivity index (χ4v) is 3.04. The highest BCUT2D eigenvalue weighted by atomic mass is 14.9. The molecule has 0 aromatic carbocycles. The monoisotopic (exact) mass is 228 g/mol. The molecular formula is C15H20N2. The summed E-state index contributed by atoms with van der Waals surface area (Å²) in [5.41, 5.74) is 3.88. The number of hydrogen-bond acceptors (Lipinski definition) is 2. The lowest BCUT2D eigenvalue weighted by atomic mass is 9.79. The van der Waals surface area contributed by atoms with Gasteiger partial charge in [-0.3, -0.25) is 4.98 Å². The number of nitrogens with one attached hydrogen (secondary N) is 1. The molecule has 1 aromatic heterocycles. The number of piperidine rings is 1. The fraction of sp³-hybridized carbons (Fsp3) is 0.533. The van der Waals surface area contributed by atoms with Crippen molar-refractivity contribution in [2.45, 2.75) is 38.6 Å². The van der Waals surface area contributed by atoms with Crippen LogP contribution in [0.3, 0.4) is 0 Å². The second-order valence-electron chi connectivity index (χ2n) is 5.30. The van der Waals surface area contributed by atoms with Gasteiger partial charge in [-0.15, -0.1) is 0 Å². The smallest absolute Gasteiger partial charge is 0.0373 e. The Hall–Kier alpha value is -1.15. The molecule has 1 N–H and O–H groups in total. The van der Waals surface area contributed by atoms with Crippen LogP contribution in [-0.4, -0.2) is 17.6 Å². The first kappa shape index (κ1) is 11.0. The lowest BCUT2D eigenvalue weighted by Crippen LogP contribution is -2.41. The van der Waals surface area contributed by atoms with Crippen LogP contribution >= 0.6 is 0 Å². The molecule has 17 heavy (non-hydrogen) atoms. The lowest BCUT2D eigenvalue weighted by molar-refractivity contribution is 0.298. The number of aryl methyl sites for hydroxylation is 1. The topological polar surface area (TPSA) is 24.9 Å². The Morgan fingerprint density at radius 3 is 3.06 bits per heavy atom. The molecule has 0 radical (unpaired) electrons. The quantitative estimate of drug-likeness (QED) is 0.799. The number of hydrogen-bond donors (Lipinski definition) is 1. The van der Waals surface area contributed by atoms with Crippen molar-refractivity contribution in [3.8, 4) is 0 Å². The fourth-order valence-electron chi connectivity index (χ4n) is 3.04. The van der Waals surface area contributed by atoms with E-state index in [-0.39, 0.29) is 0 Å². The lowest BCUT2D eigenvalue weighted by Gasteiger charge is -2.35. The van der Waals surface area contributed by atoms with Gasteiger partial charge in [-0.25, -0.2) is 0 Å². The predicted octanol–water partition coefficient (Wildman–Crippen LogP) is 2.94. The summed E-state index contributed by atoms with van der Waals surface area (Å²) in [6.07, 6.45) is 9.75. The van der Waals surface area contributed by atoms with Crippen molar-refractivity contribution in [3.05, 3.63) is 35.7 Å². The maximum absolute atomic E-state index is 4.40. The van der Waals surface area contributed by atoms with Gasteiger partial charge in [0.15, 0.2) is 0 Å². The van der Waals surface area contributed by atoms with Crippen molar-refractivity contribution in [2.75, 3.05) is 6.54 Å². The van der Waals surface area contributed by atoms with E-state index in [4.69, 9.17) is 0 Å². The molecule has 1 aliphatic carbocycles. The normalized spacial score (nSPS) is 28.4. The first-order valence-corrected chi connectivity index (χ1v) is 6.70. The van der Waals surface area contributed by atoms with Gasteiger partial charge in [0.25, 0.3) is 0 Å². The second kappa shape index (κ2) is 4.61. The number of nitrogens with zero attached hydrogens (tertiary/aromatic N) is 1. The SMILES string of the molecule is Cc1ccc(C2=C[C@H]3NCCC[C@H]3CC2)cn1. The molecule has 0 bridgehead atoms. The Labute approximate surface area is 103 Å². The molecule has 1 aliphatic heterocycles. The summed E-state index contributed by atoms with van der Waals surface area (Å²) < 4.78 is 0. The highest BCUT2D eigenvalue weighted by Gasteiger charge is 2.27. The number of pyridine rings is 1. The van der Waals surface area contributed by atoms with Crippen LogP contribution in [0.15, 0.2) is 24.4 Å². The van der Waals surface area contributed by atoms with Crippen LogP contribution < -0.4 is 5.32 Å². The van der Waals surface area contributed by atoms with Crippen LogP contribution in [0.4, 0.5) is 0 Å². The van der Waals surface area contributed by atoms with Crippen LogP contribution in [0.25, 0.3) is 5.57 Å². The highest BCUT2D eigenvalue weighted by molar-refractivity contribution is 5.66. The molecule has 0 spiro atoms. The van der Waals surface area contributed by atoms with E-state index in [1.807, 2.05) is 13.1 Å². The summed E-state index contributed by atoms with van der Waals surface area (Å²) in [4.78, 5) is 4.40. The van der Waals surface area contributed by atoms with Gasteiger partial charge in [0.2, 0.25) is 0 Å². The van der Waals surface area contributed by atoms with Gasteiger partial charge in [0.05, 0.1) is 0 Å². The Balaban J connectivity index is 1.84. The van der Waals surface area contributed by atoms with E-state index in [0.717, 1.165) is 11.6 Å². The summed E-state index contributed by atoms with van der Waals surface area (Å²) in [5.74, 6) is 0.867. The van der Waals surface area contributed by atoms with E-state index in [9.17, 15) is 0 Å². The van der Waals surface area contributed by atoms with Crippen molar-refractivity contribution in [3.63, 3.8) is 0 Å². The second-order valence-corrected chi connectivity index (χ2v) is 5.30. The number of aromatic nitrogens is 1. The minimum atomic E-state index is 0.605. The number of fused-ring (bicyclic) bond motifs is 1. The molecule has 2 heteroatoms. The Bertz CT molecular complexity index is 419.